The van der Waals surface area contributed by atoms with E-state index in [-0.39, 0.29) is 22.2 Å². The van der Waals surface area contributed by atoms with Crippen molar-refractivity contribution < 1.29 is 17.6 Å². The SMILES string of the molecule is CC1(CN)CCN(C(=O)c2ccc(S(=O)(=O)NC(C)(C)C)o2)C1. The maximum atomic E-state index is 12.5. The molecule has 0 radical (unpaired) electrons. The van der Waals surface area contributed by atoms with Gasteiger partial charge in [-0.2, -0.15) is 0 Å². The molecule has 0 aromatic carbocycles. The van der Waals surface area contributed by atoms with Crippen LogP contribution in [0.4, 0.5) is 0 Å². The van der Waals surface area contributed by atoms with E-state index in [0.29, 0.717) is 19.6 Å². The molecule has 0 saturated carbocycles. The van der Waals surface area contributed by atoms with E-state index >= 15 is 0 Å². The van der Waals surface area contributed by atoms with Crippen LogP contribution in [0.25, 0.3) is 0 Å². The molecular formula is C15H25N3O4S. The van der Waals surface area contributed by atoms with E-state index in [1.807, 2.05) is 6.92 Å². The van der Waals surface area contributed by atoms with E-state index in [9.17, 15) is 13.2 Å². The normalized spacial score (nSPS) is 22.6. The second-order valence-corrected chi connectivity index (χ2v) is 9.08. The van der Waals surface area contributed by atoms with Crippen molar-refractivity contribution in [2.75, 3.05) is 19.6 Å². The fourth-order valence-corrected chi connectivity index (χ4v) is 3.91. The molecule has 3 N–H and O–H groups in total. The van der Waals surface area contributed by atoms with Crippen LogP contribution in [0.3, 0.4) is 0 Å². The van der Waals surface area contributed by atoms with Gasteiger partial charge in [-0.15, -0.1) is 0 Å². The van der Waals surface area contributed by atoms with Gasteiger partial charge in [-0.3, -0.25) is 4.79 Å². The Hall–Kier alpha value is -1.38. The summed E-state index contributed by atoms with van der Waals surface area (Å²) >= 11 is 0. The highest BCUT2D eigenvalue weighted by Crippen LogP contribution is 2.30. The van der Waals surface area contributed by atoms with Crippen molar-refractivity contribution in [2.24, 2.45) is 11.1 Å². The molecule has 1 saturated heterocycles. The molecule has 23 heavy (non-hydrogen) atoms. The molecule has 0 bridgehead atoms. The molecule has 1 amide bonds. The Morgan fingerprint density at radius 2 is 2.09 bits per heavy atom. The average Bonchev–Trinajstić information content (AvgIpc) is 3.03. The zero-order chi connectivity index (χ0) is 17.5. The molecule has 130 valence electrons. The Bertz CT molecular complexity index is 690. The first-order valence-corrected chi connectivity index (χ1v) is 9.07. The molecule has 1 unspecified atom stereocenters. The Balaban J connectivity index is 2.15. The smallest absolute Gasteiger partial charge is 0.289 e. The molecule has 2 heterocycles. The topological polar surface area (TPSA) is 106 Å². The molecule has 1 fully saturated rings. The second-order valence-electron chi connectivity index (χ2n) is 7.47. The Morgan fingerprint density at radius 3 is 2.61 bits per heavy atom. The van der Waals surface area contributed by atoms with Crippen LogP contribution in [0.15, 0.2) is 21.6 Å². The number of amides is 1. The minimum atomic E-state index is -3.79. The summed E-state index contributed by atoms with van der Waals surface area (Å²) in [5, 5.41) is -0.253. The largest absolute Gasteiger partial charge is 0.438 e. The number of carbonyl (C=O) groups is 1. The van der Waals surface area contributed by atoms with Gasteiger partial charge in [0, 0.05) is 18.6 Å². The fraction of sp³-hybridized carbons (Fsp3) is 0.667. The van der Waals surface area contributed by atoms with Crippen molar-refractivity contribution in [3.63, 3.8) is 0 Å². The minimum Gasteiger partial charge on any atom is -0.438 e. The first-order valence-electron chi connectivity index (χ1n) is 7.59. The van der Waals surface area contributed by atoms with Crippen molar-refractivity contribution >= 4 is 15.9 Å². The van der Waals surface area contributed by atoms with Gasteiger partial charge in [0.05, 0.1) is 0 Å². The van der Waals surface area contributed by atoms with E-state index in [1.165, 1.54) is 12.1 Å². The van der Waals surface area contributed by atoms with Gasteiger partial charge < -0.3 is 15.1 Å². The predicted octanol–water partition coefficient (Wildman–Crippen LogP) is 1.17. The first-order chi connectivity index (χ1) is 10.5. The lowest BCUT2D eigenvalue weighted by atomic mass is 9.90. The van der Waals surface area contributed by atoms with Crippen LogP contribution in [-0.2, 0) is 10.0 Å². The molecular weight excluding hydrogens is 318 g/mol. The molecule has 0 aliphatic carbocycles. The van der Waals surface area contributed by atoms with Crippen LogP contribution < -0.4 is 10.5 Å². The van der Waals surface area contributed by atoms with Gasteiger partial charge in [0.2, 0.25) is 5.09 Å². The predicted molar refractivity (Wildman–Crippen MR) is 86.5 cm³/mol. The molecule has 8 heteroatoms. The summed E-state index contributed by atoms with van der Waals surface area (Å²) in [6, 6.07) is 2.71. The van der Waals surface area contributed by atoms with E-state index in [2.05, 4.69) is 4.72 Å². The van der Waals surface area contributed by atoms with Crippen LogP contribution in [0, 0.1) is 5.41 Å². The number of rotatable bonds is 4. The van der Waals surface area contributed by atoms with Crippen LogP contribution in [-0.4, -0.2) is 44.4 Å². The van der Waals surface area contributed by atoms with Gasteiger partial charge in [-0.05, 0) is 51.3 Å². The maximum absolute atomic E-state index is 12.5. The van der Waals surface area contributed by atoms with E-state index in [0.717, 1.165) is 6.42 Å². The summed E-state index contributed by atoms with van der Waals surface area (Å²) in [6.07, 6.45) is 0.826. The van der Waals surface area contributed by atoms with E-state index in [1.54, 1.807) is 25.7 Å². The standard InChI is InChI=1S/C15H25N3O4S/c1-14(2,3)17-23(20,21)12-6-5-11(22-12)13(19)18-8-7-15(4,9-16)10-18/h5-6,17H,7-10,16H2,1-4H3. The number of nitrogens with two attached hydrogens (primary N) is 1. The van der Waals surface area contributed by atoms with Crippen molar-refractivity contribution in [1.29, 1.82) is 0 Å². The van der Waals surface area contributed by atoms with Crippen LogP contribution >= 0.6 is 0 Å². The highest BCUT2D eigenvalue weighted by molar-refractivity contribution is 7.89. The fourth-order valence-electron chi connectivity index (χ4n) is 2.55. The molecule has 2 rings (SSSR count). The van der Waals surface area contributed by atoms with Crippen LogP contribution in [0.1, 0.15) is 44.7 Å². The van der Waals surface area contributed by atoms with Gasteiger partial charge in [0.25, 0.3) is 15.9 Å². The third-order valence-corrected chi connectivity index (χ3v) is 5.47. The van der Waals surface area contributed by atoms with Crippen LogP contribution in [0.5, 0.6) is 0 Å². The quantitative estimate of drug-likeness (QED) is 0.853. The summed E-state index contributed by atoms with van der Waals surface area (Å²) in [7, 11) is -3.79. The minimum absolute atomic E-state index is 0.0283. The number of likely N-dealkylation sites (tertiary alicyclic amines) is 1. The third-order valence-electron chi connectivity index (χ3n) is 3.84. The van der Waals surface area contributed by atoms with Gasteiger partial charge in [0.1, 0.15) is 0 Å². The second kappa shape index (κ2) is 5.92. The molecule has 1 aliphatic rings. The van der Waals surface area contributed by atoms with Crippen molar-refractivity contribution in [3.05, 3.63) is 17.9 Å². The molecule has 1 aromatic heterocycles. The van der Waals surface area contributed by atoms with Crippen molar-refractivity contribution in [3.8, 4) is 0 Å². The number of carbonyl (C=O) groups excluding carboxylic acids is 1. The Labute approximate surface area is 137 Å². The summed E-state index contributed by atoms with van der Waals surface area (Å²) < 4.78 is 32.2. The number of furan rings is 1. The zero-order valence-corrected chi connectivity index (χ0v) is 14.9. The highest BCUT2D eigenvalue weighted by Gasteiger charge is 2.36. The van der Waals surface area contributed by atoms with Gasteiger partial charge >= 0.3 is 0 Å². The number of nitrogens with zero attached hydrogens (tertiary/aromatic N) is 1. The van der Waals surface area contributed by atoms with E-state index < -0.39 is 15.6 Å². The van der Waals surface area contributed by atoms with Crippen molar-refractivity contribution in [2.45, 2.75) is 44.7 Å². The third kappa shape index (κ3) is 4.13. The lowest BCUT2D eigenvalue weighted by Crippen LogP contribution is -2.40. The van der Waals surface area contributed by atoms with Gasteiger partial charge in [-0.1, -0.05) is 6.92 Å². The molecule has 1 aliphatic heterocycles. The molecule has 1 aromatic rings. The number of hydrogen-bond acceptors (Lipinski definition) is 5. The Kier molecular flexibility index (Phi) is 4.62. The summed E-state index contributed by atoms with van der Waals surface area (Å²) in [4.78, 5) is 14.1. The van der Waals surface area contributed by atoms with Gasteiger partial charge in [-0.25, -0.2) is 13.1 Å². The van der Waals surface area contributed by atoms with Crippen LogP contribution in [0.2, 0.25) is 0 Å². The number of nitrogens with one attached hydrogen (secondary N) is 1. The van der Waals surface area contributed by atoms with Crippen molar-refractivity contribution in [1.82, 2.24) is 9.62 Å². The Morgan fingerprint density at radius 1 is 1.43 bits per heavy atom. The monoisotopic (exact) mass is 343 g/mol. The van der Waals surface area contributed by atoms with E-state index in [4.69, 9.17) is 10.2 Å². The molecule has 7 nitrogen and oxygen atoms in total. The number of sulfonamides is 1. The maximum Gasteiger partial charge on any atom is 0.289 e. The summed E-state index contributed by atoms with van der Waals surface area (Å²) in [5.74, 6) is -0.278. The average molecular weight is 343 g/mol. The molecule has 1 atom stereocenters. The first kappa shape index (κ1) is 18.0. The summed E-state index contributed by atoms with van der Waals surface area (Å²) in [5.41, 5.74) is 5.02. The lowest BCUT2D eigenvalue weighted by molar-refractivity contribution is 0.0739. The van der Waals surface area contributed by atoms with Gasteiger partial charge in [0.15, 0.2) is 5.76 Å². The zero-order valence-electron chi connectivity index (χ0n) is 14.0. The summed E-state index contributed by atoms with van der Waals surface area (Å²) in [6.45, 7) is 8.88. The lowest BCUT2D eigenvalue weighted by Gasteiger charge is -2.22. The number of hydrogen-bond donors (Lipinski definition) is 2. The highest BCUT2D eigenvalue weighted by atomic mass is 32.2. The molecule has 0 spiro atoms.